The molecule has 1 aromatic heterocycles. The van der Waals surface area contributed by atoms with Gasteiger partial charge in [-0.1, -0.05) is 23.7 Å². The lowest BCUT2D eigenvalue weighted by Crippen LogP contribution is -2.99. The highest BCUT2D eigenvalue weighted by Gasteiger charge is 2.27. The van der Waals surface area contributed by atoms with E-state index in [1.807, 2.05) is 0 Å². The number of quaternary nitrogens is 1. The summed E-state index contributed by atoms with van der Waals surface area (Å²) in [7, 11) is 0. The Bertz CT molecular complexity index is 830. The summed E-state index contributed by atoms with van der Waals surface area (Å²) in [5.74, 6) is -0.847. The van der Waals surface area contributed by atoms with Crippen LogP contribution < -0.4 is 5.23 Å². The van der Waals surface area contributed by atoms with Gasteiger partial charge in [0.25, 0.3) is 0 Å². The molecule has 2 aromatic rings. The van der Waals surface area contributed by atoms with E-state index in [-0.39, 0.29) is 27.7 Å². The van der Waals surface area contributed by atoms with Crippen molar-refractivity contribution in [3.63, 3.8) is 0 Å². The maximum atomic E-state index is 12.1. The van der Waals surface area contributed by atoms with E-state index >= 15 is 0 Å². The van der Waals surface area contributed by atoms with Gasteiger partial charge in [-0.25, -0.2) is 10.2 Å². The largest absolute Gasteiger partial charge is 0.595 e. The third kappa shape index (κ3) is 2.34. The van der Waals surface area contributed by atoms with E-state index in [0.717, 1.165) is 12.2 Å². The lowest BCUT2D eigenvalue weighted by Gasteiger charge is -2.18. The van der Waals surface area contributed by atoms with Gasteiger partial charge < -0.3 is 5.21 Å². The average Bonchev–Trinajstić information content (AvgIpc) is 2.50. The minimum Gasteiger partial charge on any atom is -0.595 e. The van der Waals surface area contributed by atoms with Crippen molar-refractivity contribution in [2.75, 3.05) is 0 Å². The first-order valence-electron chi connectivity index (χ1n) is 6.29. The van der Waals surface area contributed by atoms with Crippen LogP contribution in [0.5, 0.6) is 0 Å². The molecule has 1 heterocycles. The van der Waals surface area contributed by atoms with E-state index in [2.05, 4.69) is 4.98 Å². The quantitative estimate of drug-likeness (QED) is 0.650. The summed E-state index contributed by atoms with van der Waals surface area (Å²) < 4.78 is 0. The maximum Gasteiger partial charge on any atom is 0.205 e. The Kier molecular flexibility index (Phi) is 3.59. The van der Waals surface area contributed by atoms with Crippen LogP contribution in [0.4, 0.5) is 5.69 Å². The summed E-state index contributed by atoms with van der Waals surface area (Å²) >= 11 is 5.93. The van der Waals surface area contributed by atoms with Gasteiger partial charge in [0.1, 0.15) is 10.8 Å². The molecule has 0 spiro atoms. The zero-order chi connectivity index (χ0) is 15.9. The molecule has 2 N–H and O–H groups in total. The number of ketones is 2. The second kappa shape index (κ2) is 5.43. The first-order chi connectivity index (χ1) is 10.5. The van der Waals surface area contributed by atoms with Crippen LogP contribution in [-0.4, -0.2) is 21.8 Å². The molecule has 0 radical (unpaired) electrons. The van der Waals surface area contributed by atoms with Crippen molar-refractivity contribution in [1.29, 1.82) is 0 Å². The molecule has 110 valence electrons. The third-order valence-corrected chi connectivity index (χ3v) is 3.50. The summed E-state index contributed by atoms with van der Waals surface area (Å²) in [6.07, 6.45) is 2.27. The molecule has 22 heavy (non-hydrogen) atoms. The van der Waals surface area contributed by atoms with Gasteiger partial charge in [0.2, 0.25) is 5.78 Å². The minimum absolute atomic E-state index is 0.0155. The number of nitrogens with zero attached hydrogens (tertiary/aromatic N) is 1. The Morgan fingerprint density at radius 2 is 1.77 bits per heavy atom. The third-order valence-electron chi connectivity index (χ3n) is 3.30. The number of carbonyl (C=O) groups excluding carboxylic acids is 2. The lowest BCUT2D eigenvalue weighted by molar-refractivity contribution is -0.991. The number of allylic oxidation sites excluding steroid dienone is 2. The van der Waals surface area contributed by atoms with Crippen LogP contribution in [0.25, 0.3) is 11.1 Å². The van der Waals surface area contributed by atoms with E-state index in [4.69, 9.17) is 11.6 Å². The van der Waals surface area contributed by atoms with E-state index < -0.39 is 16.8 Å². The van der Waals surface area contributed by atoms with Crippen molar-refractivity contribution < 1.29 is 20.0 Å². The number of halogens is 1. The number of fused-ring (bicyclic) bond motifs is 1. The number of nitrogens with one attached hydrogen (secondary N) is 1. The second-order valence-electron chi connectivity index (χ2n) is 4.63. The molecule has 0 saturated heterocycles. The van der Waals surface area contributed by atoms with E-state index in [9.17, 15) is 20.0 Å². The number of carbonyl (C=O) groups is 2. The summed E-state index contributed by atoms with van der Waals surface area (Å²) in [4.78, 5) is 28.0. The van der Waals surface area contributed by atoms with Gasteiger partial charge in [-0.3, -0.25) is 9.59 Å². The molecule has 0 saturated carbocycles. The highest BCUT2D eigenvalue weighted by molar-refractivity contribution is 6.31. The van der Waals surface area contributed by atoms with Crippen molar-refractivity contribution in [2.45, 2.75) is 0 Å². The molecular formula is C15H9ClN2O4. The predicted molar refractivity (Wildman–Crippen MR) is 78.3 cm³/mol. The van der Waals surface area contributed by atoms with Crippen molar-refractivity contribution in [3.05, 3.63) is 64.1 Å². The van der Waals surface area contributed by atoms with Gasteiger partial charge in [-0.15, -0.1) is 0 Å². The first-order valence-corrected chi connectivity index (χ1v) is 6.67. The SMILES string of the molecule is O=C1C=CC(=O)c2c(-c3ccccc3[NH+]([O-])O)cc(Cl)nc21. The van der Waals surface area contributed by atoms with Crippen LogP contribution in [0.15, 0.2) is 42.5 Å². The summed E-state index contributed by atoms with van der Waals surface area (Å²) in [6, 6.07) is 7.60. The maximum absolute atomic E-state index is 12.1. The van der Waals surface area contributed by atoms with Crippen molar-refractivity contribution >= 4 is 28.9 Å². The molecule has 0 aliphatic heterocycles. The van der Waals surface area contributed by atoms with Gasteiger partial charge in [-0.05, 0) is 24.3 Å². The smallest absolute Gasteiger partial charge is 0.205 e. The number of aromatic nitrogens is 1. The van der Waals surface area contributed by atoms with Crippen LogP contribution in [0.2, 0.25) is 5.15 Å². The fourth-order valence-corrected chi connectivity index (χ4v) is 2.57. The van der Waals surface area contributed by atoms with E-state index in [0.29, 0.717) is 5.56 Å². The van der Waals surface area contributed by atoms with Crippen LogP contribution in [-0.2, 0) is 0 Å². The van der Waals surface area contributed by atoms with Crippen LogP contribution in [0.3, 0.4) is 0 Å². The predicted octanol–water partition coefficient (Wildman–Crippen LogP) is 1.74. The molecule has 0 amide bonds. The highest BCUT2D eigenvalue weighted by Crippen LogP contribution is 2.33. The average molecular weight is 317 g/mol. The van der Waals surface area contributed by atoms with Gasteiger partial charge in [0.05, 0.1) is 5.56 Å². The van der Waals surface area contributed by atoms with Gasteiger partial charge in [0, 0.05) is 17.2 Å². The normalized spacial score (nSPS) is 14.9. The highest BCUT2D eigenvalue weighted by atomic mass is 35.5. The molecule has 0 fully saturated rings. The van der Waals surface area contributed by atoms with E-state index in [1.54, 1.807) is 18.2 Å². The minimum atomic E-state index is -1.14. The number of para-hydroxylation sites is 1. The number of benzene rings is 1. The Labute approximate surface area is 129 Å². The Hall–Kier alpha value is -2.38. The standard InChI is InChI=1S/C15H9ClN2O4/c16-13-7-9(8-3-1-2-4-10(8)18(21)22)14-11(19)5-6-12(20)15(14)17-13/h1-7,18,21H. The first kappa shape index (κ1) is 14.6. The monoisotopic (exact) mass is 316 g/mol. The van der Waals surface area contributed by atoms with Crippen LogP contribution >= 0.6 is 11.6 Å². The summed E-state index contributed by atoms with van der Waals surface area (Å²) in [5, 5.41) is 19.6. The number of pyridine rings is 1. The molecule has 1 aromatic carbocycles. The van der Waals surface area contributed by atoms with Crippen LogP contribution in [0, 0.1) is 5.21 Å². The molecule has 1 aliphatic rings. The van der Waals surface area contributed by atoms with Crippen LogP contribution in [0.1, 0.15) is 20.8 Å². The Morgan fingerprint density at radius 3 is 2.50 bits per heavy atom. The molecule has 1 unspecified atom stereocenters. The number of rotatable bonds is 2. The van der Waals surface area contributed by atoms with E-state index in [1.165, 1.54) is 12.1 Å². The second-order valence-corrected chi connectivity index (χ2v) is 5.02. The number of hydrogen-bond donors (Lipinski definition) is 2. The van der Waals surface area contributed by atoms with Gasteiger partial charge >= 0.3 is 0 Å². The molecule has 3 rings (SSSR count). The molecular weight excluding hydrogens is 308 g/mol. The fraction of sp³-hybridized carbons (Fsp3) is 0. The summed E-state index contributed by atoms with van der Waals surface area (Å²) in [6.45, 7) is 0. The zero-order valence-electron chi connectivity index (χ0n) is 11.0. The number of hydrogen-bond acceptors (Lipinski definition) is 5. The molecule has 0 bridgehead atoms. The zero-order valence-corrected chi connectivity index (χ0v) is 11.8. The Morgan fingerprint density at radius 1 is 1.09 bits per heavy atom. The van der Waals surface area contributed by atoms with Gasteiger partial charge in [-0.2, -0.15) is 5.23 Å². The van der Waals surface area contributed by atoms with Crippen molar-refractivity contribution in [1.82, 2.24) is 4.98 Å². The van der Waals surface area contributed by atoms with Crippen molar-refractivity contribution in [3.8, 4) is 11.1 Å². The topological polar surface area (TPSA) is 94.8 Å². The molecule has 7 heteroatoms. The van der Waals surface area contributed by atoms with Crippen molar-refractivity contribution in [2.24, 2.45) is 0 Å². The molecule has 1 atom stereocenters. The lowest BCUT2D eigenvalue weighted by atomic mass is 9.91. The molecule has 1 aliphatic carbocycles. The van der Waals surface area contributed by atoms with Gasteiger partial charge in [0.15, 0.2) is 11.5 Å². The summed E-state index contributed by atoms with van der Waals surface area (Å²) in [5.41, 5.74) is 0.630. The fourth-order valence-electron chi connectivity index (χ4n) is 2.37. The molecule has 6 nitrogen and oxygen atoms in total. The Balaban J connectivity index is 2.35.